The molecule has 16 heavy (non-hydrogen) atoms. The molecule has 1 aromatic heterocycles. The maximum atomic E-state index is 11.4. The van der Waals surface area contributed by atoms with Gasteiger partial charge in [0.2, 0.25) is 5.91 Å². The van der Waals surface area contributed by atoms with Gasteiger partial charge in [0, 0.05) is 33.7 Å². The molecule has 1 unspecified atom stereocenters. The highest BCUT2D eigenvalue weighted by atomic mass is 79.9. The van der Waals surface area contributed by atoms with Crippen LogP contribution in [0, 0.1) is 0 Å². The lowest BCUT2D eigenvalue weighted by atomic mass is 10.2. The van der Waals surface area contributed by atoms with E-state index < -0.39 is 0 Å². The summed E-state index contributed by atoms with van der Waals surface area (Å²) in [5.41, 5.74) is 5.58. The quantitative estimate of drug-likeness (QED) is 0.847. The molecule has 0 aliphatic rings. The first kappa shape index (κ1) is 13.7. The number of hydrogen-bond donors (Lipinski definition) is 2. The molecule has 0 spiro atoms. The number of nitrogens with two attached hydrogens (primary N) is 1. The molecule has 3 nitrogen and oxygen atoms in total. The van der Waals surface area contributed by atoms with Gasteiger partial charge in [0.25, 0.3) is 0 Å². The standard InChI is InChI=1S/C11H17BrN2OS/c1-8(13)2-3-11(15)14-5-4-10-6-9(12)7-16-10/h6-8H,2-5,13H2,1H3,(H,14,15). The van der Waals surface area contributed by atoms with E-state index in [2.05, 4.69) is 27.3 Å². The summed E-state index contributed by atoms with van der Waals surface area (Å²) in [6, 6.07) is 2.18. The molecule has 0 saturated heterocycles. The molecule has 0 radical (unpaired) electrons. The zero-order chi connectivity index (χ0) is 12.0. The number of carbonyl (C=O) groups is 1. The molecule has 0 aliphatic heterocycles. The lowest BCUT2D eigenvalue weighted by molar-refractivity contribution is -0.121. The van der Waals surface area contributed by atoms with Crippen LogP contribution < -0.4 is 11.1 Å². The predicted molar refractivity (Wildman–Crippen MR) is 71.6 cm³/mol. The molecule has 5 heteroatoms. The predicted octanol–water partition coefficient (Wildman–Crippen LogP) is 2.30. The van der Waals surface area contributed by atoms with Crippen LogP contribution in [0.3, 0.4) is 0 Å². The fourth-order valence-corrected chi connectivity index (χ4v) is 2.71. The van der Waals surface area contributed by atoms with Crippen molar-refractivity contribution in [3.63, 3.8) is 0 Å². The highest BCUT2D eigenvalue weighted by Gasteiger charge is 2.03. The molecule has 0 fully saturated rings. The van der Waals surface area contributed by atoms with Crippen molar-refractivity contribution in [1.82, 2.24) is 5.32 Å². The van der Waals surface area contributed by atoms with Gasteiger partial charge in [-0.1, -0.05) is 0 Å². The third-order valence-electron chi connectivity index (χ3n) is 2.14. The number of nitrogens with one attached hydrogen (secondary N) is 1. The second-order valence-corrected chi connectivity index (χ2v) is 5.76. The van der Waals surface area contributed by atoms with E-state index in [0.29, 0.717) is 13.0 Å². The Morgan fingerprint density at radius 2 is 2.44 bits per heavy atom. The summed E-state index contributed by atoms with van der Waals surface area (Å²) in [5.74, 6) is 0.0907. The van der Waals surface area contributed by atoms with Gasteiger partial charge < -0.3 is 11.1 Å². The average Bonchev–Trinajstić information content (AvgIpc) is 2.61. The monoisotopic (exact) mass is 304 g/mol. The number of rotatable bonds is 6. The number of thiophene rings is 1. The SMILES string of the molecule is CC(N)CCC(=O)NCCc1cc(Br)cs1. The largest absolute Gasteiger partial charge is 0.356 e. The second kappa shape index (κ2) is 7.04. The van der Waals surface area contributed by atoms with Gasteiger partial charge in [0.05, 0.1) is 0 Å². The Kier molecular flexibility index (Phi) is 6.01. The maximum absolute atomic E-state index is 11.4. The van der Waals surface area contributed by atoms with Crippen LogP contribution in [0.25, 0.3) is 0 Å². The van der Waals surface area contributed by atoms with Crippen molar-refractivity contribution in [3.8, 4) is 0 Å². The zero-order valence-corrected chi connectivity index (χ0v) is 11.7. The lowest BCUT2D eigenvalue weighted by Crippen LogP contribution is -2.27. The molecule has 1 heterocycles. The van der Waals surface area contributed by atoms with E-state index >= 15 is 0 Å². The van der Waals surface area contributed by atoms with E-state index in [1.165, 1.54) is 4.88 Å². The van der Waals surface area contributed by atoms with Crippen LogP contribution in [-0.2, 0) is 11.2 Å². The van der Waals surface area contributed by atoms with Gasteiger partial charge in [-0.15, -0.1) is 11.3 Å². The van der Waals surface area contributed by atoms with Gasteiger partial charge in [-0.25, -0.2) is 0 Å². The van der Waals surface area contributed by atoms with Gasteiger partial charge >= 0.3 is 0 Å². The van der Waals surface area contributed by atoms with E-state index in [4.69, 9.17) is 5.73 Å². The summed E-state index contributed by atoms with van der Waals surface area (Å²) in [6.45, 7) is 2.61. The Labute approximate surface area is 109 Å². The van der Waals surface area contributed by atoms with Crippen molar-refractivity contribution < 1.29 is 4.79 Å². The first-order chi connectivity index (χ1) is 7.58. The van der Waals surface area contributed by atoms with E-state index in [1.54, 1.807) is 11.3 Å². The first-order valence-corrected chi connectivity index (χ1v) is 7.00. The van der Waals surface area contributed by atoms with Crippen LogP contribution >= 0.6 is 27.3 Å². The van der Waals surface area contributed by atoms with E-state index in [1.807, 2.05) is 12.3 Å². The molecule has 0 aromatic carbocycles. The topological polar surface area (TPSA) is 55.1 Å². The van der Waals surface area contributed by atoms with Crippen molar-refractivity contribution in [3.05, 3.63) is 20.8 Å². The minimum Gasteiger partial charge on any atom is -0.356 e. The molecule has 0 aliphatic carbocycles. The molecule has 1 aromatic rings. The number of hydrogen-bond acceptors (Lipinski definition) is 3. The third-order valence-corrected chi connectivity index (χ3v) is 3.90. The average molecular weight is 305 g/mol. The summed E-state index contributed by atoms with van der Waals surface area (Å²) in [5, 5.41) is 4.94. The van der Waals surface area contributed by atoms with Gasteiger partial charge in [-0.2, -0.15) is 0 Å². The number of halogens is 1. The number of amides is 1. The summed E-state index contributed by atoms with van der Waals surface area (Å²) < 4.78 is 1.11. The van der Waals surface area contributed by atoms with Crippen LogP contribution in [0.1, 0.15) is 24.6 Å². The van der Waals surface area contributed by atoms with Gasteiger partial charge in [0.1, 0.15) is 0 Å². The van der Waals surface area contributed by atoms with Gasteiger partial charge in [-0.3, -0.25) is 4.79 Å². The summed E-state index contributed by atoms with van der Waals surface area (Å²) in [4.78, 5) is 12.6. The fourth-order valence-electron chi connectivity index (χ4n) is 1.26. The van der Waals surface area contributed by atoms with Crippen molar-refractivity contribution in [1.29, 1.82) is 0 Å². The Morgan fingerprint density at radius 1 is 1.69 bits per heavy atom. The molecule has 0 bridgehead atoms. The second-order valence-electron chi connectivity index (χ2n) is 3.85. The highest BCUT2D eigenvalue weighted by Crippen LogP contribution is 2.19. The van der Waals surface area contributed by atoms with Crippen LogP contribution in [-0.4, -0.2) is 18.5 Å². The Bertz CT molecular complexity index is 338. The summed E-state index contributed by atoms with van der Waals surface area (Å²) in [6.07, 6.45) is 2.16. The maximum Gasteiger partial charge on any atom is 0.220 e. The Morgan fingerprint density at radius 3 is 3.00 bits per heavy atom. The molecular formula is C11H17BrN2OS. The van der Waals surface area contributed by atoms with Crippen molar-refractivity contribution >= 4 is 33.2 Å². The summed E-state index contributed by atoms with van der Waals surface area (Å²) >= 11 is 5.10. The van der Waals surface area contributed by atoms with E-state index in [9.17, 15) is 4.79 Å². The van der Waals surface area contributed by atoms with Crippen molar-refractivity contribution in [2.45, 2.75) is 32.2 Å². The lowest BCUT2D eigenvalue weighted by Gasteiger charge is -2.06. The molecular weight excluding hydrogens is 288 g/mol. The molecule has 3 N–H and O–H groups in total. The number of carbonyl (C=O) groups excluding carboxylic acids is 1. The smallest absolute Gasteiger partial charge is 0.220 e. The molecule has 90 valence electrons. The van der Waals surface area contributed by atoms with Gasteiger partial charge in [0.15, 0.2) is 0 Å². The third kappa shape index (κ3) is 5.63. The Hall–Kier alpha value is -0.390. The normalized spacial score (nSPS) is 12.4. The van der Waals surface area contributed by atoms with Crippen molar-refractivity contribution in [2.75, 3.05) is 6.54 Å². The van der Waals surface area contributed by atoms with E-state index in [-0.39, 0.29) is 11.9 Å². The minimum absolute atomic E-state index is 0.0907. The highest BCUT2D eigenvalue weighted by molar-refractivity contribution is 9.10. The first-order valence-electron chi connectivity index (χ1n) is 5.33. The van der Waals surface area contributed by atoms with Crippen LogP contribution in [0.4, 0.5) is 0 Å². The van der Waals surface area contributed by atoms with E-state index in [0.717, 1.165) is 17.3 Å². The minimum atomic E-state index is 0.0907. The molecule has 1 rings (SSSR count). The molecule has 0 saturated carbocycles. The zero-order valence-electron chi connectivity index (χ0n) is 9.33. The van der Waals surface area contributed by atoms with Gasteiger partial charge in [-0.05, 0) is 41.8 Å². The Balaban J connectivity index is 2.13. The molecule has 1 atom stereocenters. The van der Waals surface area contributed by atoms with Crippen LogP contribution in [0.15, 0.2) is 15.9 Å². The van der Waals surface area contributed by atoms with Crippen molar-refractivity contribution in [2.24, 2.45) is 5.73 Å². The fraction of sp³-hybridized carbons (Fsp3) is 0.545. The van der Waals surface area contributed by atoms with Crippen LogP contribution in [0.2, 0.25) is 0 Å². The molecule has 1 amide bonds. The van der Waals surface area contributed by atoms with Crippen LogP contribution in [0.5, 0.6) is 0 Å². The summed E-state index contributed by atoms with van der Waals surface area (Å²) in [7, 11) is 0.